The first kappa shape index (κ1) is 13.8. The van der Waals surface area contributed by atoms with E-state index < -0.39 is 11.8 Å². The standard InChI is InChI=1S/C13H14N4O3/c1-20-8-12(18)16-17-13(19)11-7-10(14-15-11)9-5-3-2-4-6-9/h2-7H,8H2,1H3,(H,14,15)(H,16,18)(H,17,19). The van der Waals surface area contributed by atoms with Gasteiger partial charge in [-0.25, -0.2) is 0 Å². The summed E-state index contributed by atoms with van der Waals surface area (Å²) in [5, 5.41) is 6.66. The van der Waals surface area contributed by atoms with Crippen molar-refractivity contribution in [2.45, 2.75) is 0 Å². The molecule has 0 unspecified atom stereocenters. The highest BCUT2D eigenvalue weighted by Crippen LogP contribution is 2.16. The molecule has 7 nitrogen and oxygen atoms in total. The number of hydrazine groups is 1. The number of H-pyrrole nitrogens is 1. The summed E-state index contributed by atoms with van der Waals surface area (Å²) in [6.45, 7) is -0.126. The molecule has 0 saturated carbocycles. The fraction of sp³-hybridized carbons (Fsp3) is 0.154. The van der Waals surface area contributed by atoms with Gasteiger partial charge in [0.25, 0.3) is 11.8 Å². The van der Waals surface area contributed by atoms with E-state index in [2.05, 4.69) is 25.8 Å². The molecule has 104 valence electrons. The van der Waals surface area contributed by atoms with E-state index in [1.165, 1.54) is 7.11 Å². The SMILES string of the molecule is COCC(=O)NNC(=O)c1cc(-c2ccccc2)n[nH]1. The zero-order valence-electron chi connectivity index (χ0n) is 10.8. The highest BCUT2D eigenvalue weighted by atomic mass is 16.5. The number of ether oxygens (including phenoxy) is 1. The van der Waals surface area contributed by atoms with Gasteiger partial charge in [0.15, 0.2) is 0 Å². The summed E-state index contributed by atoms with van der Waals surface area (Å²) < 4.78 is 4.62. The minimum Gasteiger partial charge on any atom is -0.375 e. The number of amides is 2. The van der Waals surface area contributed by atoms with Crippen molar-refractivity contribution in [3.05, 3.63) is 42.1 Å². The van der Waals surface area contributed by atoms with Gasteiger partial charge in [-0.2, -0.15) is 5.10 Å². The van der Waals surface area contributed by atoms with Gasteiger partial charge >= 0.3 is 0 Å². The molecule has 0 radical (unpaired) electrons. The molecule has 2 rings (SSSR count). The van der Waals surface area contributed by atoms with Crippen LogP contribution in [-0.4, -0.2) is 35.7 Å². The molecule has 20 heavy (non-hydrogen) atoms. The molecule has 2 aromatic rings. The van der Waals surface area contributed by atoms with Crippen LogP contribution in [0, 0.1) is 0 Å². The van der Waals surface area contributed by atoms with Gasteiger partial charge in [0.2, 0.25) is 0 Å². The first-order valence-corrected chi connectivity index (χ1v) is 5.89. The molecule has 0 bridgehead atoms. The van der Waals surface area contributed by atoms with Gasteiger partial charge in [0.05, 0.1) is 5.69 Å². The van der Waals surface area contributed by atoms with E-state index in [1.807, 2.05) is 30.3 Å². The van der Waals surface area contributed by atoms with Crippen LogP contribution in [0.3, 0.4) is 0 Å². The lowest BCUT2D eigenvalue weighted by atomic mass is 10.1. The molecule has 3 N–H and O–H groups in total. The highest BCUT2D eigenvalue weighted by Gasteiger charge is 2.11. The Kier molecular flexibility index (Phi) is 4.46. The average Bonchev–Trinajstić information content (AvgIpc) is 2.96. The summed E-state index contributed by atoms with van der Waals surface area (Å²) in [5.41, 5.74) is 6.28. The third-order valence-electron chi connectivity index (χ3n) is 2.48. The van der Waals surface area contributed by atoms with Gasteiger partial charge in [-0.1, -0.05) is 30.3 Å². The van der Waals surface area contributed by atoms with Crippen LogP contribution in [0.2, 0.25) is 0 Å². The second kappa shape index (κ2) is 6.48. The maximum atomic E-state index is 11.8. The van der Waals surface area contributed by atoms with Crippen LogP contribution in [-0.2, 0) is 9.53 Å². The van der Waals surface area contributed by atoms with Gasteiger partial charge < -0.3 is 4.74 Å². The molecule has 1 aromatic heterocycles. The fourth-order valence-corrected chi connectivity index (χ4v) is 1.56. The molecule has 0 fully saturated rings. The Bertz CT molecular complexity index is 595. The molecule has 1 aromatic carbocycles. The number of rotatable bonds is 4. The van der Waals surface area contributed by atoms with Crippen molar-refractivity contribution in [3.8, 4) is 11.3 Å². The van der Waals surface area contributed by atoms with Gasteiger partial charge in [-0.15, -0.1) is 0 Å². The zero-order chi connectivity index (χ0) is 14.4. The number of benzene rings is 1. The number of nitrogens with one attached hydrogen (secondary N) is 3. The molecule has 0 saturated heterocycles. The highest BCUT2D eigenvalue weighted by molar-refractivity contribution is 5.94. The van der Waals surface area contributed by atoms with Gasteiger partial charge in [0, 0.05) is 12.7 Å². The number of carbonyl (C=O) groups excluding carboxylic acids is 2. The normalized spacial score (nSPS) is 10.1. The molecule has 0 aliphatic carbocycles. The smallest absolute Gasteiger partial charge is 0.287 e. The molecule has 2 amide bonds. The number of aromatic nitrogens is 2. The van der Waals surface area contributed by atoms with Gasteiger partial charge in [-0.3, -0.25) is 25.5 Å². The lowest BCUT2D eigenvalue weighted by Gasteiger charge is -2.04. The summed E-state index contributed by atoms with van der Waals surface area (Å²) in [7, 11) is 1.39. The lowest BCUT2D eigenvalue weighted by Crippen LogP contribution is -2.43. The Balaban J connectivity index is 1.98. The van der Waals surface area contributed by atoms with Crippen molar-refractivity contribution in [3.63, 3.8) is 0 Å². The van der Waals surface area contributed by atoms with E-state index in [0.717, 1.165) is 5.56 Å². The van der Waals surface area contributed by atoms with Crippen molar-refractivity contribution >= 4 is 11.8 Å². The lowest BCUT2D eigenvalue weighted by molar-refractivity contribution is -0.125. The summed E-state index contributed by atoms with van der Waals surface area (Å²) in [6, 6.07) is 11.0. The molecule has 0 spiro atoms. The molecule has 0 aliphatic heterocycles. The minimum absolute atomic E-state index is 0.126. The molecule has 0 aliphatic rings. The Labute approximate surface area is 115 Å². The Morgan fingerprint density at radius 3 is 2.70 bits per heavy atom. The predicted molar refractivity (Wildman–Crippen MR) is 71.5 cm³/mol. The predicted octanol–water partition coefficient (Wildman–Crippen LogP) is 0.484. The van der Waals surface area contributed by atoms with E-state index in [9.17, 15) is 9.59 Å². The molecule has 0 atom stereocenters. The van der Waals surface area contributed by atoms with Crippen molar-refractivity contribution < 1.29 is 14.3 Å². The number of aromatic amines is 1. The average molecular weight is 274 g/mol. The van der Waals surface area contributed by atoms with E-state index in [0.29, 0.717) is 5.69 Å². The van der Waals surface area contributed by atoms with Gasteiger partial charge in [-0.05, 0) is 6.07 Å². The van der Waals surface area contributed by atoms with Crippen LogP contribution < -0.4 is 10.9 Å². The number of carbonyl (C=O) groups is 2. The second-order valence-electron chi connectivity index (χ2n) is 3.97. The Morgan fingerprint density at radius 1 is 1.25 bits per heavy atom. The van der Waals surface area contributed by atoms with Gasteiger partial charge in [0.1, 0.15) is 12.3 Å². The quantitative estimate of drug-likeness (QED) is 0.707. The third kappa shape index (κ3) is 3.42. The number of methoxy groups -OCH3 is 1. The van der Waals surface area contributed by atoms with E-state index in [1.54, 1.807) is 6.07 Å². The van der Waals surface area contributed by atoms with Crippen LogP contribution in [0.1, 0.15) is 10.5 Å². The summed E-state index contributed by atoms with van der Waals surface area (Å²) in [6.07, 6.45) is 0. The maximum absolute atomic E-state index is 11.8. The topological polar surface area (TPSA) is 96.1 Å². The van der Waals surface area contributed by atoms with E-state index >= 15 is 0 Å². The third-order valence-corrected chi connectivity index (χ3v) is 2.48. The van der Waals surface area contributed by atoms with Crippen molar-refractivity contribution in [2.75, 3.05) is 13.7 Å². The van der Waals surface area contributed by atoms with Crippen LogP contribution >= 0.6 is 0 Å². The first-order valence-electron chi connectivity index (χ1n) is 5.89. The summed E-state index contributed by atoms with van der Waals surface area (Å²) >= 11 is 0. The number of hydrogen-bond acceptors (Lipinski definition) is 4. The zero-order valence-corrected chi connectivity index (χ0v) is 10.8. The molecular formula is C13H14N4O3. The largest absolute Gasteiger partial charge is 0.375 e. The molecule has 1 heterocycles. The second-order valence-corrected chi connectivity index (χ2v) is 3.97. The Hall–Kier alpha value is -2.67. The van der Waals surface area contributed by atoms with Crippen LogP contribution in [0.15, 0.2) is 36.4 Å². The Morgan fingerprint density at radius 2 is 2.00 bits per heavy atom. The van der Waals surface area contributed by atoms with Crippen LogP contribution in [0.5, 0.6) is 0 Å². The van der Waals surface area contributed by atoms with Crippen molar-refractivity contribution in [1.29, 1.82) is 0 Å². The minimum atomic E-state index is -0.482. The number of hydrogen-bond donors (Lipinski definition) is 3. The van der Waals surface area contributed by atoms with Crippen molar-refractivity contribution in [2.24, 2.45) is 0 Å². The maximum Gasteiger partial charge on any atom is 0.287 e. The van der Waals surface area contributed by atoms with E-state index in [4.69, 9.17) is 0 Å². The first-order chi connectivity index (χ1) is 9.70. The number of nitrogens with zero attached hydrogens (tertiary/aromatic N) is 1. The summed E-state index contributed by atoms with van der Waals surface area (Å²) in [4.78, 5) is 22.9. The monoisotopic (exact) mass is 274 g/mol. The van der Waals surface area contributed by atoms with Crippen molar-refractivity contribution in [1.82, 2.24) is 21.0 Å². The fourth-order valence-electron chi connectivity index (χ4n) is 1.56. The van der Waals surface area contributed by atoms with E-state index in [-0.39, 0.29) is 12.3 Å². The summed E-state index contributed by atoms with van der Waals surface area (Å²) in [5.74, 6) is -0.923. The van der Waals surface area contributed by atoms with Crippen LogP contribution in [0.25, 0.3) is 11.3 Å². The molecule has 7 heteroatoms. The van der Waals surface area contributed by atoms with Crippen LogP contribution in [0.4, 0.5) is 0 Å². The molecular weight excluding hydrogens is 260 g/mol.